The van der Waals surface area contributed by atoms with Crippen molar-refractivity contribution >= 4 is 11.8 Å². The number of unbranched alkanes of at least 4 members (excludes halogenated alkanes) is 4. The smallest absolute Gasteiger partial charge is 0.229 e. The van der Waals surface area contributed by atoms with E-state index in [-0.39, 0.29) is 22.6 Å². The molecule has 0 aliphatic carbocycles. The molecular formula is C38H58N2O2. The third-order valence-electron chi connectivity index (χ3n) is 9.48. The molecule has 42 heavy (non-hydrogen) atoms. The summed E-state index contributed by atoms with van der Waals surface area (Å²) in [5.41, 5.74) is 3.90. The summed E-state index contributed by atoms with van der Waals surface area (Å²) in [5, 5.41) is 0. The molecule has 0 radical (unpaired) electrons. The average molecular weight is 575 g/mol. The summed E-state index contributed by atoms with van der Waals surface area (Å²) < 4.78 is 0. The number of nitrogens with zero attached hydrogens (tertiary/aromatic N) is 2. The van der Waals surface area contributed by atoms with E-state index in [2.05, 4.69) is 99.9 Å². The first-order valence-corrected chi connectivity index (χ1v) is 16.9. The Morgan fingerprint density at radius 1 is 0.500 bits per heavy atom. The number of rotatable bonds is 14. The number of hydrogen-bond acceptors (Lipinski definition) is 2. The lowest BCUT2D eigenvalue weighted by Gasteiger charge is -2.36. The predicted octanol–water partition coefficient (Wildman–Crippen LogP) is 9.83. The van der Waals surface area contributed by atoms with E-state index in [0.29, 0.717) is 26.2 Å². The molecule has 0 atom stereocenters. The van der Waals surface area contributed by atoms with Crippen LogP contribution < -0.4 is 0 Å². The van der Waals surface area contributed by atoms with Crippen LogP contribution in [0, 0.1) is 10.8 Å². The number of amides is 2. The Morgan fingerprint density at radius 2 is 0.714 bits per heavy atom. The van der Waals surface area contributed by atoms with Gasteiger partial charge >= 0.3 is 0 Å². The van der Waals surface area contributed by atoms with Crippen molar-refractivity contribution in [2.45, 2.75) is 145 Å². The molecule has 6 rings (SSSR count). The maximum absolute atomic E-state index is 14.2. The van der Waals surface area contributed by atoms with E-state index in [1.807, 2.05) is 0 Å². The minimum absolute atomic E-state index is 0.278. The summed E-state index contributed by atoms with van der Waals surface area (Å²) in [6.45, 7) is 15.6. The Bertz CT molecular complexity index is 949. The summed E-state index contributed by atoms with van der Waals surface area (Å²) >= 11 is 0. The molecule has 4 nitrogen and oxygen atoms in total. The van der Waals surface area contributed by atoms with Gasteiger partial charge in [-0.05, 0) is 47.9 Å². The summed E-state index contributed by atoms with van der Waals surface area (Å²) in [6.07, 6.45) is 12.5. The molecule has 0 N–H and O–H groups in total. The van der Waals surface area contributed by atoms with Crippen molar-refractivity contribution in [3.05, 3.63) is 70.8 Å². The van der Waals surface area contributed by atoms with Crippen LogP contribution in [0.15, 0.2) is 48.5 Å². The van der Waals surface area contributed by atoms with E-state index in [9.17, 15) is 9.59 Å². The molecule has 0 saturated carbocycles. The van der Waals surface area contributed by atoms with Crippen LogP contribution in [0.4, 0.5) is 0 Å². The molecule has 4 aliphatic rings. The normalized spacial score (nSPS) is 14.3. The topological polar surface area (TPSA) is 40.6 Å². The fourth-order valence-corrected chi connectivity index (χ4v) is 6.49. The first-order chi connectivity index (χ1) is 20.2. The molecule has 4 heteroatoms. The van der Waals surface area contributed by atoms with Crippen LogP contribution in [0.25, 0.3) is 0 Å². The highest BCUT2D eigenvalue weighted by Gasteiger charge is 2.37. The second kappa shape index (κ2) is 16.3. The van der Waals surface area contributed by atoms with Gasteiger partial charge in [-0.1, -0.05) is 141 Å². The lowest BCUT2D eigenvalue weighted by Crippen LogP contribution is -2.42. The van der Waals surface area contributed by atoms with Gasteiger partial charge in [0, 0.05) is 37.0 Å². The molecule has 4 aliphatic heterocycles. The zero-order valence-corrected chi connectivity index (χ0v) is 27.6. The number of hydrogen-bond donors (Lipinski definition) is 0. The Labute approximate surface area is 257 Å². The van der Waals surface area contributed by atoms with Gasteiger partial charge in [-0.3, -0.25) is 9.59 Å². The standard InChI is InChI=1S/C38H58N2O2/c1-7-11-23-37(5,24-12-8-2)35(41)39-27-31-15-19-33(20-16-31)29-40(30-34-21-17-32(28-39)18-22-34)36(42)38(6,25-13-9-3)26-14-10-4/h15-22H,7-14,23-30H2,1-6H3. The summed E-state index contributed by atoms with van der Waals surface area (Å²) in [7, 11) is 0. The minimum Gasteiger partial charge on any atom is -0.334 e. The van der Waals surface area contributed by atoms with Crippen molar-refractivity contribution in [3.8, 4) is 0 Å². The summed E-state index contributed by atoms with van der Waals surface area (Å²) in [6, 6.07) is 17.3. The second-order valence-electron chi connectivity index (χ2n) is 13.5. The van der Waals surface area contributed by atoms with Crippen molar-refractivity contribution < 1.29 is 9.59 Å². The van der Waals surface area contributed by atoms with E-state index >= 15 is 0 Å². The lowest BCUT2D eigenvalue weighted by molar-refractivity contribution is -0.144. The van der Waals surface area contributed by atoms with E-state index in [0.717, 1.165) is 99.3 Å². The first-order valence-electron chi connectivity index (χ1n) is 16.9. The highest BCUT2D eigenvalue weighted by atomic mass is 16.2. The Hall–Kier alpha value is -2.62. The monoisotopic (exact) mass is 574 g/mol. The van der Waals surface area contributed by atoms with Crippen LogP contribution in [0.1, 0.15) is 141 Å². The van der Waals surface area contributed by atoms with E-state index < -0.39 is 0 Å². The molecule has 4 heterocycles. The SMILES string of the molecule is CCCCC(C)(CCCC)C(=O)N1Cc2ccc(cc2)CN(C(=O)C(C)(CCCC)CCCC)Cc2ccc(cc2)C1. The van der Waals surface area contributed by atoms with Gasteiger partial charge < -0.3 is 9.80 Å². The maximum atomic E-state index is 14.2. The van der Waals surface area contributed by atoms with Crippen molar-refractivity contribution in [2.24, 2.45) is 10.8 Å². The summed E-state index contributed by atoms with van der Waals surface area (Å²) in [4.78, 5) is 32.6. The molecule has 4 bridgehead atoms. The number of carbonyl (C=O) groups excluding carboxylic acids is 2. The quantitative estimate of drug-likeness (QED) is 0.225. The van der Waals surface area contributed by atoms with Gasteiger partial charge in [-0.15, -0.1) is 0 Å². The van der Waals surface area contributed by atoms with Crippen molar-refractivity contribution in [1.29, 1.82) is 0 Å². The van der Waals surface area contributed by atoms with Crippen LogP contribution in [0.3, 0.4) is 0 Å². The Kier molecular flexibility index (Phi) is 13.1. The molecule has 232 valence electrons. The van der Waals surface area contributed by atoms with Gasteiger partial charge in [0.15, 0.2) is 0 Å². The van der Waals surface area contributed by atoms with Crippen LogP contribution in [0.5, 0.6) is 0 Å². The van der Waals surface area contributed by atoms with Crippen LogP contribution >= 0.6 is 0 Å². The molecular weight excluding hydrogens is 516 g/mol. The lowest BCUT2D eigenvalue weighted by atomic mass is 9.78. The van der Waals surface area contributed by atoms with Crippen LogP contribution in [0.2, 0.25) is 0 Å². The van der Waals surface area contributed by atoms with Crippen molar-refractivity contribution in [2.75, 3.05) is 0 Å². The van der Waals surface area contributed by atoms with Gasteiger partial charge in [-0.25, -0.2) is 0 Å². The highest BCUT2D eigenvalue weighted by Crippen LogP contribution is 2.36. The second-order valence-corrected chi connectivity index (χ2v) is 13.5. The Morgan fingerprint density at radius 3 is 0.905 bits per heavy atom. The van der Waals surface area contributed by atoms with E-state index in [1.165, 1.54) is 0 Å². The fourth-order valence-electron chi connectivity index (χ4n) is 6.49. The van der Waals surface area contributed by atoms with E-state index in [1.54, 1.807) is 0 Å². The zero-order valence-electron chi connectivity index (χ0n) is 27.6. The van der Waals surface area contributed by atoms with Gasteiger partial charge in [-0.2, -0.15) is 0 Å². The van der Waals surface area contributed by atoms with Gasteiger partial charge in [0.25, 0.3) is 0 Å². The Balaban J connectivity index is 1.94. The van der Waals surface area contributed by atoms with Crippen LogP contribution in [-0.4, -0.2) is 21.6 Å². The van der Waals surface area contributed by atoms with E-state index in [4.69, 9.17) is 0 Å². The minimum atomic E-state index is -0.333. The maximum Gasteiger partial charge on any atom is 0.229 e. The molecule has 2 aromatic carbocycles. The first kappa shape index (κ1) is 33.9. The fraction of sp³-hybridized carbons (Fsp3) is 0.632. The molecule has 2 amide bonds. The molecule has 0 unspecified atom stereocenters. The number of benzene rings is 2. The molecule has 0 saturated heterocycles. The van der Waals surface area contributed by atoms with Gasteiger partial charge in [0.1, 0.15) is 0 Å². The molecule has 0 spiro atoms. The third kappa shape index (κ3) is 9.19. The van der Waals surface area contributed by atoms with Crippen molar-refractivity contribution in [3.63, 3.8) is 0 Å². The number of carbonyl (C=O) groups is 2. The highest BCUT2D eigenvalue weighted by molar-refractivity contribution is 5.83. The third-order valence-corrected chi connectivity index (χ3v) is 9.48. The van der Waals surface area contributed by atoms with Gasteiger partial charge in [0.05, 0.1) is 0 Å². The van der Waals surface area contributed by atoms with Crippen LogP contribution in [-0.2, 0) is 35.8 Å². The molecule has 0 fully saturated rings. The zero-order chi connectivity index (χ0) is 30.6. The van der Waals surface area contributed by atoms with Crippen molar-refractivity contribution in [1.82, 2.24) is 9.80 Å². The average Bonchev–Trinajstić information content (AvgIpc) is 3.01. The van der Waals surface area contributed by atoms with Gasteiger partial charge in [0.2, 0.25) is 11.8 Å². The molecule has 0 aromatic heterocycles. The summed E-state index contributed by atoms with van der Waals surface area (Å²) in [5.74, 6) is 0.555. The molecule has 2 aromatic rings. The largest absolute Gasteiger partial charge is 0.334 e. The predicted molar refractivity (Wildman–Crippen MR) is 176 cm³/mol.